The summed E-state index contributed by atoms with van der Waals surface area (Å²) in [6.07, 6.45) is 6.07. The SMILES string of the molecule is CN1[C@H]2CC[C@@H](C=O)[C@@H]1CC2. The zero-order valence-electron chi connectivity index (χ0n) is 6.99. The summed E-state index contributed by atoms with van der Waals surface area (Å²) in [4.78, 5) is 13.1. The van der Waals surface area contributed by atoms with Crippen LogP contribution in [0.4, 0.5) is 0 Å². The topological polar surface area (TPSA) is 20.3 Å². The Morgan fingerprint density at radius 1 is 1.27 bits per heavy atom. The number of hydrogen-bond donors (Lipinski definition) is 0. The van der Waals surface area contributed by atoms with Crippen LogP contribution in [0.3, 0.4) is 0 Å². The van der Waals surface area contributed by atoms with Crippen LogP contribution in [0.25, 0.3) is 0 Å². The molecule has 2 saturated heterocycles. The van der Waals surface area contributed by atoms with Gasteiger partial charge in [0.15, 0.2) is 0 Å². The monoisotopic (exact) mass is 153 g/mol. The fraction of sp³-hybridized carbons (Fsp3) is 0.889. The first kappa shape index (κ1) is 7.29. The normalized spacial score (nSPS) is 44.3. The highest BCUT2D eigenvalue weighted by molar-refractivity contribution is 5.55. The highest BCUT2D eigenvalue weighted by Gasteiger charge is 2.39. The third-order valence-corrected chi connectivity index (χ3v) is 3.40. The van der Waals surface area contributed by atoms with Crippen molar-refractivity contribution in [1.29, 1.82) is 0 Å². The fourth-order valence-corrected chi connectivity index (χ4v) is 2.64. The van der Waals surface area contributed by atoms with Crippen LogP contribution in [0.5, 0.6) is 0 Å². The van der Waals surface area contributed by atoms with Crippen molar-refractivity contribution in [3.8, 4) is 0 Å². The molecule has 0 saturated carbocycles. The van der Waals surface area contributed by atoms with Crippen LogP contribution >= 0.6 is 0 Å². The van der Waals surface area contributed by atoms with E-state index in [0.717, 1.165) is 18.7 Å². The van der Waals surface area contributed by atoms with E-state index < -0.39 is 0 Å². The Morgan fingerprint density at radius 3 is 2.73 bits per heavy atom. The maximum atomic E-state index is 10.7. The van der Waals surface area contributed by atoms with E-state index in [2.05, 4.69) is 11.9 Å². The van der Waals surface area contributed by atoms with Gasteiger partial charge in [-0.05, 0) is 32.7 Å². The third-order valence-electron chi connectivity index (χ3n) is 3.40. The Hall–Kier alpha value is -0.370. The molecule has 2 bridgehead atoms. The zero-order valence-corrected chi connectivity index (χ0v) is 6.99. The maximum absolute atomic E-state index is 10.7. The summed E-state index contributed by atoms with van der Waals surface area (Å²) < 4.78 is 0. The molecule has 2 aliphatic rings. The van der Waals surface area contributed by atoms with Gasteiger partial charge in [0.1, 0.15) is 6.29 Å². The van der Waals surface area contributed by atoms with Crippen molar-refractivity contribution in [3.63, 3.8) is 0 Å². The molecule has 2 heteroatoms. The lowest BCUT2D eigenvalue weighted by molar-refractivity contribution is -0.114. The van der Waals surface area contributed by atoms with Crippen LogP contribution in [0.1, 0.15) is 25.7 Å². The van der Waals surface area contributed by atoms with Crippen LogP contribution < -0.4 is 0 Å². The fourth-order valence-electron chi connectivity index (χ4n) is 2.64. The molecular formula is C9H15NO. The van der Waals surface area contributed by atoms with Crippen molar-refractivity contribution < 1.29 is 4.79 Å². The Labute approximate surface area is 67.6 Å². The van der Waals surface area contributed by atoms with Crippen molar-refractivity contribution >= 4 is 6.29 Å². The summed E-state index contributed by atoms with van der Waals surface area (Å²) in [6, 6.07) is 1.36. The van der Waals surface area contributed by atoms with Gasteiger partial charge in [-0.2, -0.15) is 0 Å². The molecule has 2 nitrogen and oxygen atoms in total. The summed E-state index contributed by atoms with van der Waals surface area (Å²) in [5.41, 5.74) is 0. The number of fused-ring (bicyclic) bond motifs is 2. The van der Waals surface area contributed by atoms with Gasteiger partial charge in [0.2, 0.25) is 0 Å². The maximum Gasteiger partial charge on any atom is 0.124 e. The van der Waals surface area contributed by atoms with Crippen LogP contribution in [0, 0.1) is 5.92 Å². The molecule has 62 valence electrons. The minimum absolute atomic E-state index is 0.332. The minimum atomic E-state index is 0.332. The molecule has 0 spiro atoms. The molecule has 0 aliphatic carbocycles. The number of nitrogens with zero attached hydrogens (tertiary/aromatic N) is 1. The molecule has 3 atom stereocenters. The van der Waals surface area contributed by atoms with E-state index in [1.165, 1.54) is 19.3 Å². The van der Waals surface area contributed by atoms with E-state index in [-0.39, 0.29) is 0 Å². The Bertz CT molecular complexity index is 169. The quantitative estimate of drug-likeness (QED) is 0.525. The van der Waals surface area contributed by atoms with Gasteiger partial charge in [-0.15, -0.1) is 0 Å². The highest BCUT2D eigenvalue weighted by Crippen LogP contribution is 2.36. The molecule has 11 heavy (non-hydrogen) atoms. The first-order valence-corrected chi connectivity index (χ1v) is 4.50. The van der Waals surface area contributed by atoms with Crippen molar-refractivity contribution in [2.75, 3.05) is 7.05 Å². The van der Waals surface area contributed by atoms with Gasteiger partial charge < -0.3 is 4.79 Å². The number of carbonyl (C=O) groups excluding carboxylic acids is 1. The molecule has 2 fully saturated rings. The van der Waals surface area contributed by atoms with Crippen LogP contribution in [0.2, 0.25) is 0 Å². The molecule has 0 unspecified atom stereocenters. The zero-order chi connectivity index (χ0) is 7.84. The van der Waals surface area contributed by atoms with Crippen LogP contribution in [0.15, 0.2) is 0 Å². The lowest BCUT2D eigenvalue weighted by atomic mass is 9.92. The van der Waals surface area contributed by atoms with E-state index in [0.29, 0.717) is 12.0 Å². The standard InChI is InChI=1S/C9H15NO/c1-10-8-3-2-7(6-11)9(10)5-4-8/h6-9H,2-5H2,1H3/t7-,8-,9-/m0/s1. The smallest absolute Gasteiger partial charge is 0.124 e. The molecule has 2 aliphatic heterocycles. The van der Waals surface area contributed by atoms with E-state index in [1.807, 2.05) is 0 Å². The van der Waals surface area contributed by atoms with Gasteiger partial charge in [0, 0.05) is 18.0 Å². The van der Waals surface area contributed by atoms with Gasteiger partial charge in [-0.1, -0.05) is 0 Å². The summed E-state index contributed by atoms with van der Waals surface area (Å²) in [5, 5.41) is 0. The van der Waals surface area contributed by atoms with Gasteiger partial charge in [0.25, 0.3) is 0 Å². The number of piperidine rings is 1. The predicted octanol–water partition coefficient (Wildman–Crippen LogP) is 1.06. The highest BCUT2D eigenvalue weighted by atomic mass is 16.1. The predicted molar refractivity (Wildman–Crippen MR) is 43.4 cm³/mol. The van der Waals surface area contributed by atoms with Gasteiger partial charge >= 0.3 is 0 Å². The molecule has 0 aromatic rings. The van der Waals surface area contributed by atoms with Gasteiger partial charge in [-0.25, -0.2) is 0 Å². The molecule has 0 radical (unpaired) electrons. The third kappa shape index (κ3) is 1.00. The summed E-state index contributed by atoms with van der Waals surface area (Å²) in [7, 11) is 2.16. The molecular weight excluding hydrogens is 138 g/mol. The first-order valence-electron chi connectivity index (χ1n) is 4.50. The van der Waals surface area contributed by atoms with Crippen molar-refractivity contribution in [2.24, 2.45) is 5.92 Å². The Kier molecular flexibility index (Phi) is 1.72. The molecule has 2 heterocycles. The van der Waals surface area contributed by atoms with Crippen molar-refractivity contribution in [3.05, 3.63) is 0 Å². The van der Waals surface area contributed by atoms with Crippen LogP contribution in [-0.2, 0) is 4.79 Å². The second-order valence-corrected chi connectivity index (χ2v) is 3.84. The summed E-state index contributed by atoms with van der Waals surface area (Å²) >= 11 is 0. The average molecular weight is 153 g/mol. The molecule has 0 amide bonds. The van der Waals surface area contributed by atoms with E-state index in [4.69, 9.17) is 0 Å². The van der Waals surface area contributed by atoms with E-state index in [9.17, 15) is 4.79 Å². The van der Waals surface area contributed by atoms with E-state index in [1.54, 1.807) is 0 Å². The summed E-state index contributed by atoms with van der Waals surface area (Å²) in [6.45, 7) is 0. The van der Waals surface area contributed by atoms with E-state index >= 15 is 0 Å². The Balaban J connectivity index is 2.13. The number of carbonyl (C=O) groups is 1. The second kappa shape index (κ2) is 2.59. The summed E-state index contributed by atoms with van der Waals surface area (Å²) in [5.74, 6) is 0.332. The lowest BCUT2D eigenvalue weighted by Gasteiger charge is -2.34. The number of hydrogen-bond acceptors (Lipinski definition) is 2. The second-order valence-electron chi connectivity index (χ2n) is 3.84. The average Bonchev–Trinajstić information content (AvgIpc) is 2.31. The molecule has 0 N–H and O–H groups in total. The first-order chi connectivity index (χ1) is 5.33. The Morgan fingerprint density at radius 2 is 2.00 bits per heavy atom. The molecule has 2 rings (SSSR count). The van der Waals surface area contributed by atoms with Gasteiger partial charge in [0.05, 0.1) is 0 Å². The minimum Gasteiger partial charge on any atom is -0.303 e. The molecule has 0 aromatic heterocycles. The lowest BCUT2D eigenvalue weighted by Crippen LogP contribution is -2.42. The van der Waals surface area contributed by atoms with Gasteiger partial charge in [-0.3, -0.25) is 4.90 Å². The van der Waals surface area contributed by atoms with Crippen molar-refractivity contribution in [1.82, 2.24) is 4.90 Å². The largest absolute Gasteiger partial charge is 0.303 e. The van der Waals surface area contributed by atoms with Crippen molar-refractivity contribution in [2.45, 2.75) is 37.8 Å². The number of aldehydes is 1. The number of rotatable bonds is 1. The van der Waals surface area contributed by atoms with Crippen LogP contribution in [-0.4, -0.2) is 30.3 Å². The molecule has 0 aromatic carbocycles.